The van der Waals surface area contributed by atoms with Gasteiger partial charge in [0.1, 0.15) is 0 Å². The first-order chi connectivity index (χ1) is 5.87. The van der Waals surface area contributed by atoms with Crippen molar-refractivity contribution in [2.75, 3.05) is 6.61 Å². The summed E-state index contributed by atoms with van der Waals surface area (Å²) in [6.45, 7) is 0.304. The van der Waals surface area contributed by atoms with E-state index in [1.807, 2.05) is 12.1 Å². The molecule has 0 aromatic heterocycles. The minimum absolute atomic E-state index is 0.304. The Bertz CT molecular complexity index is 249. The van der Waals surface area contributed by atoms with Gasteiger partial charge in [-0.1, -0.05) is 24.3 Å². The van der Waals surface area contributed by atoms with Crippen LogP contribution in [-0.4, -0.2) is 11.7 Å². The smallest absolute Gasteiger partial charge is 0.0439 e. The molecule has 2 rings (SSSR count). The van der Waals surface area contributed by atoms with E-state index in [0.717, 1.165) is 6.42 Å². The van der Waals surface area contributed by atoms with Gasteiger partial charge in [0.15, 0.2) is 0 Å². The number of rotatable bonds is 3. The summed E-state index contributed by atoms with van der Waals surface area (Å²) in [5, 5.41) is 8.90. The van der Waals surface area contributed by atoms with Crippen molar-refractivity contribution in [3.63, 3.8) is 0 Å². The number of benzene rings is 1. The second-order valence-corrected chi connectivity index (χ2v) is 3.54. The van der Waals surface area contributed by atoms with Crippen LogP contribution < -0.4 is 0 Å². The maximum Gasteiger partial charge on any atom is 0.0439 e. The van der Waals surface area contributed by atoms with Crippen molar-refractivity contribution in [1.82, 2.24) is 0 Å². The lowest BCUT2D eigenvalue weighted by molar-refractivity contribution is 0.271. The summed E-state index contributed by atoms with van der Waals surface area (Å²) in [7, 11) is 0. The highest BCUT2D eigenvalue weighted by Crippen LogP contribution is 2.50. The Morgan fingerprint density at radius 1 is 1.33 bits per heavy atom. The highest BCUT2D eigenvalue weighted by atomic mass is 16.3. The molecule has 1 aromatic carbocycles. The molecule has 1 saturated carbocycles. The van der Waals surface area contributed by atoms with Crippen molar-refractivity contribution in [2.24, 2.45) is 0 Å². The third-order valence-electron chi connectivity index (χ3n) is 2.77. The van der Waals surface area contributed by atoms with Gasteiger partial charge in [-0.3, -0.25) is 0 Å². The first-order valence-electron chi connectivity index (χ1n) is 4.45. The van der Waals surface area contributed by atoms with Crippen LogP contribution in [0.4, 0.5) is 0 Å². The quantitative estimate of drug-likeness (QED) is 0.717. The fourth-order valence-electron chi connectivity index (χ4n) is 1.79. The largest absolute Gasteiger partial charge is 0.396 e. The number of hydrogen-bond donors (Lipinski definition) is 1. The molecule has 63 valence electrons. The normalized spacial score (nSPS) is 19.1. The van der Waals surface area contributed by atoms with Gasteiger partial charge in [0.2, 0.25) is 0 Å². The summed E-state index contributed by atoms with van der Waals surface area (Å²) in [5.74, 6) is 0. The van der Waals surface area contributed by atoms with Crippen LogP contribution in [-0.2, 0) is 5.41 Å². The van der Waals surface area contributed by atoms with Crippen molar-refractivity contribution in [3.05, 3.63) is 35.9 Å². The predicted molar refractivity (Wildman–Crippen MR) is 47.9 cm³/mol. The van der Waals surface area contributed by atoms with Crippen molar-refractivity contribution >= 4 is 0 Å². The van der Waals surface area contributed by atoms with E-state index in [2.05, 4.69) is 18.2 Å². The van der Waals surface area contributed by atoms with Gasteiger partial charge >= 0.3 is 0 Å². The fourth-order valence-corrected chi connectivity index (χ4v) is 1.79. The van der Waals surface area contributed by atoms with E-state index in [1.165, 1.54) is 18.4 Å². The zero-order valence-electron chi connectivity index (χ0n) is 7.09. The molecule has 1 heteroatoms. The van der Waals surface area contributed by atoms with E-state index >= 15 is 0 Å². The van der Waals surface area contributed by atoms with Gasteiger partial charge in [-0.05, 0) is 36.3 Å². The molecule has 0 saturated heterocycles. The Kier molecular flexibility index (Phi) is 1.89. The summed E-state index contributed by atoms with van der Waals surface area (Å²) >= 11 is 0. The van der Waals surface area contributed by atoms with Crippen LogP contribution >= 0.6 is 0 Å². The minimum Gasteiger partial charge on any atom is -0.396 e. The predicted octanol–water partition coefficient (Wildman–Crippen LogP) is 1.90. The van der Waals surface area contributed by atoms with E-state index in [9.17, 15) is 0 Å². The molecule has 0 spiro atoms. The second kappa shape index (κ2) is 2.91. The van der Waals surface area contributed by atoms with Gasteiger partial charge in [0.25, 0.3) is 0 Å². The van der Waals surface area contributed by atoms with Crippen LogP contribution in [0.1, 0.15) is 24.8 Å². The first kappa shape index (κ1) is 7.81. The maximum absolute atomic E-state index is 8.90. The molecule has 1 radical (unpaired) electrons. The van der Waals surface area contributed by atoms with Gasteiger partial charge in [-0.25, -0.2) is 0 Å². The third-order valence-corrected chi connectivity index (χ3v) is 2.77. The summed E-state index contributed by atoms with van der Waals surface area (Å²) < 4.78 is 0. The fraction of sp³-hybridized carbons (Fsp3) is 0.455. The number of hydrogen-bond acceptors (Lipinski definition) is 1. The van der Waals surface area contributed by atoms with Crippen LogP contribution in [0.25, 0.3) is 0 Å². The minimum atomic E-state index is 0.304. The van der Waals surface area contributed by atoms with Gasteiger partial charge in [0, 0.05) is 6.61 Å². The molecule has 1 fully saturated rings. The van der Waals surface area contributed by atoms with E-state index in [1.54, 1.807) is 0 Å². The van der Waals surface area contributed by atoms with Gasteiger partial charge in [-0.2, -0.15) is 0 Å². The maximum atomic E-state index is 8.90. The van der Waals surface area contributed by atoms with Crippen LogP contribution in [0.5, 0.6) is 0 Å². The summed E-state index contributed by atoms with van der Waals surface area (Å²) in [4.78, 5) is 0. The Morgan fingerprint density at radius 2 is 2.00 bits per heavy atom. The molecule has 0 amide bonds. The zero-order chi connectivity index (χ0) is 8.44. The van der Waals surface area contributed by atoms with Gasteiger partial charge in [0.05, 0.1) is 0 Å². The molecule has 12 heavy (non-hydrogen) atoms. The topological polar surface area (TPSA) is 20.2 Å². The lowest BCUT2D eigenvalue weighted by atomic mass is 9.93. The summed E-state index contributed by atoms with van der Waals surface area (Å²) in [5.41, 5.74) is 1.69. The van der Waals surface area contributed by atoms with Gasteiger partial charge in [-0.15, -0.1) is 0 Å². The highest BCUT2D eigenvalue weighted by Gasteiger charge is 2.43. The Morgan fingerprint density at radius 3 is 2.50 bits per heavy atom. The molecule has 0 unspecified atom stereocenters. The molecule has 0 heterocycles. The van der Waals surface area contributed by atoms with Crippen LogP contribution in [0.2, 0.25) is 0 Å². The molecule has 1 N–H and O–H groups in total. The Hall–Kier alpha value is -0.820. The lowest BCUT2D eigenvalue weighted by Gasteiger charge is -2.12. The standard InChI is InChI=1S/C11H13O/c12-9-8-11(6-7-11)10-4-2-1-3-5-10/h2-5,12H,6-9H2. The van der Waals surface area contributed by atoms with Crippen molar-refractivity contribution in [3.8, 4) is 0 Å². The average Bonchev–Trinajstić information content (AvgIpc) is 2.88. The van der Waals surface area contributed by atoms with E-state index < -0.39 is 0 Å². The van der Waals surface area contributed by atoms with Crippen molar-refractivity contribution in [1.29, 1.82) is 0 Å². The molecule has 0 atom stereocenters. The zero-order valence-corrected chi connectivity index (χ0v) is 7.09. The number of aliphatic hydroxyl groups excluding tert-OH is 1. The third kappa shape index (κ3) is 1.25. The first-order valence-corrected chi connectivity index (χ1v) is 4.45. The summed E-state index contributed by atoms with van der Waals surface area (Å²) in [6, 6.07) is 11.1. The summed E-state index contributed by atoms with van der Waals surface area (Å²) in [6.07, 6.45) is 3.38. The SMILES string of the molecule is OCCC1(c2cc[c]cc2)CC1. The Labute approximate surface area is 73.0 Å². The van der Waals surface area contributed by atoms with E-state index in [0.29, 0.717) is 12.0 Å². The van der Waals surface area contributed by atoms with Crippen LogP contribution in [0.3, 0.4) is 0 Å². The molecule has 1 aromatic rings. The van der Waals surface area contributed by atoms with Crippen molar-refractivity contribution < 1.29 is 5.11 Å². The van der Waals surface area contributed by atoms with Gasteiger partial charge < -0.3 is 5.11 Å². The monoisotopic (exact) mass is 161 g/mol. The molecule has 1 aliphatic rings. The molecule has 0 bridgehead atoms. The highest BCUT2D eigenvalue weighted by molar-refractivity contribution is 5.30. The van der Waals surface area contributed by atoms with Crippen molar-refractivity contribution in [2.45, 2.75) is 24.7 Å². The van der Waals surface area contributed by atoms with Crippen LogP contribution in [0, 0.1) is 6.07 Å². The average molecular weight is 161 g/mol. The molecule has 1 nitrogen and oxygen atoms in total. The van der Waals surface area contributed by atoms with E-state index in [-0.39, 0.29) is 0 Å². The van der Waals surface area contributed by atoms with Crippen LogP contribution in [0.15, 0.2) is 24.3 Å². The van der Waals surface area contributed by atoms with E-state index in [4.69, 9.17) is 5.11 Å². The second-order valence-electron chi connectivity index (χ2n) is 3.54. The number of aliphatic hydroxyl groups is 1. The lowest BCUT2D eigenvalue weighted by Crippen LogP contribution is -2.08. The molecule has 1 aliphatic carbocycles. The Balaban J connectivity index is 2.19. The molecule has 0 aliphatic heterocycles. The molecular formula is C11H13O. The molecular weight excluding hydrogens is 148 g/mol.